The molecule has 0 amide bonds. The molecular weight excluding hydrogens is 356 g/mol. The van der Waals surface area contributed by atoms with Crippen molar-refractivity contribution in [2.45, 2.75) is 17.3 Å². The summed E-state index contributed by atoms with van der Waals surface area (Å²) in [6.45, 7) is 1.83. The van der Waals surface area contributed by atoms with E-state index in [1.54, 1.807) is 7.11 Å². The zero-order chi connectivity index (χ0) is 17.8. The summed E-state index contributed by atoms with van der Waals surface area (Å²) in [7, 11) is 1.62. The molecule has 2 aromatic carbocycles. The van der Waals surface area contributed by atoms with Crippen molar-refractivity contribution in [3.8, 4) is 28.9 Å². The van der Waals surface area contributed by atoms with Crippen LogP contribution in [0.4, 0.5) is 0 Å². The van der Waals surface area contributed by atoms with Crippen molar-refractivity contribution >= 4 is 23.4 Å². The Kier molecular flexibility index (Phi) is 5.27. The van der Waals surface area contributed by atoms with Crippen LogP contribution in [0.15, 0.2) is 53.7 Å². The lowest BCUT2D eigenvalue weighted by atomic mass is 10.2. The molecule has 25 heavy (non-hydrogen) atoms. The molecular formula is C18H15ClN4OS. The van der Waals surface area contributed by atoms with Crippen LogP contribution < -0.4 is 4.74 Å². The van der Waals surface area contributed by atoms with Crippen LogP contribution >= 0.6 is 23.4 Å². The average molecular weight is 371 g/mol. The number of nitrogens with zero attached hydrogens (tertiary/aromatic N) is 4. The second-order valence-corrected chi connectivity index (χ2v) is 6.95. The van der Waals surface area contributed by atoms with E-state index in [0.29, 0.717) is 21.8 Å². The van der Waals surface area contributed by atoms with Crippen molar-refractivity contribution in [1.29, 1.82) is 5.26 Å². The van der Waals surface area contributed by atoms with Crippen LogP contribution in [-0.2, 0) is 0 Å². The van der Waals surface area contributed by atoms with Gasteiger partial charge in [0, 0.05) is 10.7 Å². The largest absolute Gasteiger partial charge is 0.496 e. The van der Waals surface area contributed by atoms with E-state index in [9.17, 15) is 0 Å². The second-order valence-electron chi connectivity index (χ2n) is 5.21. The fourth-order valence-corrected chi connectivity index (χ4v) is 3.24. The number of benzene rings is 2. The number of hydrogen-bond acceptors (Lipinski definition) is 5. The summed E-state index contributed by atoms with van der Waals surface area (Å²) in [4.78, 5) is 0. The van der Waals surface area contributed by atoms with Crippen LogP contribution in [-0.4, -0.2) is 27.1 Å². The highest BCUT2D eigenvalue weighted by Gasteiger charge is 2.20. The molecule has 7 heteroatoms. The van der Waals surface area contributed by atoms with Gasteiger partial charge >= 0.3 is 0 Å². The summed E-state index contributed by atoms with van der Waals surface area (Å²) in [5.41, 5.74) is 1.69. The standard InChI is InChI=1S/C18H15ClN4OS/c1-12(11-20)25-18-22-21-17(15-5-3-4-6-16(15)24-2)23(18)14-9-7-13(19)8-10-14/h3-10,12H,1-2H3. The summed E-state index contributed by atoms with van der Waals surface area (Å²) in [6.07, 6.45) is 0. The third kappa shape index (κ3) is 3.63. The molecule has 3 rings (SSSR count). The Balaban J connectivity index is 2.19. The van der Waals surface area contributed by atoms with E-state index in [-0.39, 0.29) is 5.25 Å². The lowest BCUT2D eigenvalue weighted by Crippen LogP contribution is -2.02. The molecule has 0 aliphatic carbocycles. The fraction of sp³-hybridized carbons (Fsp3) is 0.167. The molecule has 0 aliphatic rings. The van der Waals surface area contributed by atoms with Crippen molar-refractivity contribution in [3.05, 3.63) is 53.6 Å². The highest BCUT2D eigenvalue weighted by atomic mass is 35.5. The number of thioether (sulfide) groups is 1. The van der Waals surface area contributed by atoms with Gasteiger partial charge in [-0.3, -0.25) is 4.57 Å². The molecule has 0 saturated heterocycles. The molecule has 0 bridgehead atoms. The highest BCUT2D eigenvalue weighted by molar-refractivity contribution is 8.00. The number of ether oxygens (including phenoxy) is 1. The normalized spacial score (nSPS) is 11.8. The molecule has 126 valence electrons. The van der Waals surface area contributed by atoms with E-state index in [2.05, 4.69) is 16.3 Å². The Morgan fingerprint density at radius 1 is 1.16 bits per heavy atom. The fourth-order valence-electron chi connectivity index (χ4n) is 2.36. The number of methoxy groups -OCH3 is 1. The minimum Gasteiger partial charge on any atom is -0.496 e. The van der Waals surface area contributed by atoms with Gasteiger partial charge < -0.3 is 4.74 Å². The van der Waals surface area contributed by atoms with E-state index < -0.39 is 0 Å². The Bertz CT molecular complexity index is 918. The zero-order valence-corrected chi connectivity index (χ0v) is 15.3. The van der Waals surface area contributed by atoms with Gasteiger partial charge in [-0.1, -0.05) is 35.5 Å². The summed E-state index contributed by atoms with van der Waals surface area (Å²) in [6, 6.07) is 17.2. The first-order valence-corrected chi connectivity index (χ1v) is 8.81. The Morgan fingerprint density at radius 3 is 2.56 bits per heavy atom. The number of para-hydroxylation sites is 1. The van der Waals surface area contributed by atoms with Crippen molar-refractivity contribution in [2.75, 3.05) is 7.11 Å². The number of aromatic nitrogens is 3. The third-order valence-electron chi connectivity index (χ3n) is 3.53. The first-order chi connectivity index (χ1) is 12.1. The first kappa shape index (κ1) is 17.3. The van der Waals surface area contributed by atoms with E-state index in [1.807, 2.05) is 60.0 Å². The number of rotatable bonds is 5. The molecule has 0 fully saturated rings. The Morgan fingerprint density at radius 2 is 1.88 bits per heavy atom. The minimum atomic E-state index is -0.249. The molecule has 0 radical (unpaired) electrons. The van der Waals surface area contributed by atoms with Gasteiger partial charge in [0.1, 0.15) is 5.75 Å². The molecule has 1 atom stereocenters. The summed E-state index contributed by atoms with van der Waals surface area (Å²) >= 11 is 7.37. The summed E-state index contributed by atoms with van der Waals surface area (Å²) < 4.78 is 7.37. The van der Waals surface area contributed by atoms with Crippen molar-refractivity contribution in [2.24, 2.45) is 0 Å². The lowest BCUT2D eigenvalue weighted by molar-refractivity contribution is 0.416. The second kappa shape index (κ2) is 7.60. The van der Waals surface area contributed by atoms with Crippen molar-refractivity contribution in [3.63, 3.8) is 0 Å². The van der Waals surface area contributed by atoms with Crippen LogP contribution in [0.5, 0.6) is 5.75 Å². The smallest absolute Gasteiger partial charge is 0.197 e. The molecule has 3 aromatic rings. The molecule has 0 saturated carbocycles. The van der Waals surface area contributed by atoms with E-state index >= 15 is 0 Å². The summed E-state index contributed by atoms with van der Waals surface area (Å²) in [5, 5.41) is 18.8. The van der Waals surface area contributed by atoms with Gasteiger partial charge in [-0.25, -0.2) is 0 Å². The van der Waals surface area contributed by atoms with Crippen LogP contribution in [0.1, 0.15) is 6.92 Å². The Labute approximate surface area is 155 Å². The van der Waals surface area contributed by atoms with Crippen molar-refractivity contribution < 1.29 is 4.74 Å². The maximum atomic E-state index is 9.13. The van der Waals surface area contributed by atoms with Crippen LogP contribution in [0.25, 0.3) is 17.1 Å². The van der Waals surface area contributed by atoms with Crippen LogP contribution in [0.2, 0.25) is 5.02 Å². The monoisotopic (exact) mass is 370 g/mol. The number of hydrogen-bond donors (Lipinski definition) is 0. The molecule has 1 unspecified atom stereocenters. The van der Waals surface area contributed by atoms with E-state index in [4.69, 9.17) is 21.6 Å². The van der Waals surface area contributed by atoms with Gasteiger partial charge in [0.2, 0.25) is 0 Å². The molecule has 1 aromatic heterocycles. The number of halogens is 1. The quantitative estimate of drug-likeness (QED) is 0.614. The van der Waals surface area contributed by atoms with Gasteiger partial charge in [0.05, 0.1) is 24.0 Å². The lowest BCUT2D eigenvalue weighted by Gasteiger charge is -2.13. The van der Waals surface area contributed by atoms with Gasteiger partial charge in [0.25, 0.3) is 0 Å². The molecule has 0 N–H and O–H groups in total. The maximum Gasteiger partial charge on any atom is 0.197 e. The molecule has 1 heterocycles. The summed E-state index contributed by atoms with van der Waals surface area (Å²) in [5.74, 6) is 1.35. The van der Waals surface area contributed by atoms with Crippen LogP contribution in [0.3, 0.4) is 0 Å². The van der Waals surface area contributed by atoms with Crippen molar-refractivity contribution in [1.82, 2.24) is 14.8 Å². The third-order valence-corrected chi connectivity index (χ3v) is 4.72. The minimum absolute atomic E-state index is 0.249. The molecule has 5 nitrogen and oxygen atoms in total. The first-order valence-electron chi connectivity index (χ1n) is 7.55. The van der Waals surface area contributed by atoms with E-state index in [0.717, 1.165) is 11.3 Å². The van der Waals surface area contributed by atoms with Crippen LogP contribution in [0, 0.1) is 11.3 Å². The molecule has 0 aliphatic heterocycles. The van der Waals surface area contributed by atoms with Gasteiger partial charge in [-0.2, -0.15) is 5.26 Å². The number of nitriles is 1. The predicted molar refractivity (Wildman–Crippen MR) is 99.3 cm³/mol. The Hall–Kier alpha value is -2.49. The predicted octanol–water partition coefficient (Wildman–Crippen LogP) is 4.60. The van der Waals surface area contributed by atoms with Gasteiger partial charge in [0.15, 0.2) is 11.0 Å². The topological polar surface area (TPSA) is 63.7 Å². The highest BCUT2D eigenvalue weighted by Crippen LogP contribution is 2.34. The maximum absolute atomic E-state index is 9.13. The van der Waals surface area contributed by atoms with E-state index in [1.165, 1.54) is 11.8 Å². The van der Waals surface area contributed by atoms with Gasteiger partial charge in [-0.05, 0) is 43.3 Å². The molecule has 0 spiro atoms. The van der Waals surface area contributed by atoms with Gasteiger partial charge in [-0.15, -0.1) is 10.2 Å². The zero-order valence-electron chi connectivity index (χ0n) is 13.7. The SMILES string of the molecule is COc1ccccc1-c1nnc(SC(C)C#N)n1-c1ccc(Cl)cc1. The average Bonchev–Trinajstić information content (AvgIpc) is 3.05.